The third kappa shape index (κ3) is 4.24. The highest BCUT2D eigenvalue weighted by atomic mass is 32.2. The lowest BCUT2D eigenvalue weighted by Crippen LogP contribution is -2.22. The molecular formula is C20H24N4O2S. The molecule has 1 amide bonds. The van der Waals surface area contributed by atoms with E-state index >= 15 is 0 Å². The van der Waals surface area contributed by atoms with Crippen LogP contribution in [0.4, 0.5) is 5.69 Å². The zero-order valence-corrected chi connectivity index (χ0v) is 17.0. The molecule has 142 valence electrons. The van der Waals surface area contributed by atoms with E-state index in [-0.39, 0.29) is 11.2 Å². The van der Waals surface area contributed by atoms with Crippen molar-refractivity contribution in [2.75, 3.05) is 5.32 Å². The van der Waals surface area contributed by atoms with Crippen molar-refractivity contribution in [3.05, 3.63) is 47.9 Å². The van der Waals surface area contributed by atoms with Crippen LogP contribution in [0.25, 0.3) is 11.4 Å². The summed E-state index contributed by atoms with van der Waals surface area (Å²) in [4.78, 5) is 12.5. The molecule has 0 radical (unpaired) electrons. The minimum atomic E-state index is -0.309. The van der Waals surface area contributed by atoms with Crippen molar-refractivity contribution in [3.8, 4) is 11.4 Å². The summed E-state index contributed by atoms with van der Waals surface area (Å²) in [7, 11) is 1.89. The number of thioether (sulfide) groups is 1. The molecule has 0 aliphatic rings. The zero-order valence-electron chi connectivity index (χ0n) is 16.2. The number of amides is 1. The summed E-state index contributed by atoms with van der Waals surface area (Å²) in [6.45, 7) is 8.04. The van der Waals surface area contributed by atoms with Gasteiger partial charge in [-0.25, -0.2) is 0 Å². The number of aryl methyl sites for hydroxylation is 1. The van der Waals surface area contributed by atoms with Crippen LogP contribution in [0.2, 0.25) is 0 Å². The Morgan fingerprint density at radius 1 is 1.15 bits per heavy atom. The van der Waals surface area contributed by atoms with Gasteiger partial charge in [0, 0.05) is 12.7 Å². The highest BCUT2D eigenvalue weighted by Crippen LogP contribution is 2.28. The Labute approximate surface area is 163 Å². The van der Waals surface area contributed by atoms with Gasteiger partial charge in [0.2, 0.25) is 5.91 Å². The summed E-state index contributed by atoms with van der Waals surface area (Å²) in [6, 6.07) is 9.82. The summed E-state index contributed by atoms with van der Waals surface area (Å²) in [5.41, 5.74) is 2.94. The molecule has 0 aliphatic carbocycles. The smallest absolute Gasteiger partial charge is 0.237 e. The van der Waals surface area contributed by atoms with Gasteiger partial charge in [0.15, 0.2) is 11.0 Å². The number of carbonyl (C=O) groups excluding carboxylic acids is 1. The second-order valence-electron chi connectivity index (χ2n) is 6.78. The van der Waals surface area contributed by atoms with E-state index in [2.05, 4.69) is 29.4 Å². The predicted molar refractivity (Wildman–Crippen MR) is 108 cm³/mol. The Kier molecular flexibility index (Phi) is 5.70. The van der Waals surface area contributed by atoms with Crippen LogP contribution in [0.3, 0.4) is 0 Å². The van der Waals surface area contributed by atoms with Gasteiger partial charge in [0.05, 0.1) is 17.1 Å². The molecule has 1 aromatic carbocycles. The number of hydrogen-bond acceptors (Lipinski definition) is 5. The number of furan rings is 1. The minimum Gasteiger partial charge on any atom is -0.469 e. The number of benzene rings is 1. The molecule has 6 nitrogen and oxygen atoms in total. The van der Waals surface area contributed by atoms with Crippen molar-refractivity contribution in [2.45, 2.75) is 44.0 Å². The van der Waals surface area contributed by atoms with Crippen LogP contribution >= 0.6 is 11.8 Å². The maximum Gasteiger partial charge on any atom is 0.237 e. The Hall–Kier alpha value is -2.54. The van der Waals surface area contributed by atoms with E-state index in [4.69, 9.17) is 4.42 Å². The van der Waals surface area contributed by atoms with Crippen LogP contribution in [-0.4, -0.2) is 25.9 Å². The molecule has 2 aromatic heterocycles. The second kappa shape index (κ2) is 8.00. The summed E-state index contributed by atoms with van der Waals surface area (Å²) in [6.07, 6.45) is 1.63. The number of anilines is 1. The normalized spacial score (nSPS) is 12.4. The van der Waals surface area contributed by atoms with Gasteiger partial charge in [0.25, 0.3) is 0 Å². The first kappa shape index (κ1) is 19.2. The fourth-order valence-electron chi connectivity index (χ4n) is 2.68. The van der Waals surface area contributed by atoms with Crippen LogP contribution in [0.5, 0.6) is 0 Å². The molecule has 1 N–H and O–H groups in total. The zero-order chi connectivity index (χ0) is 19.6. The first-order chi connectivity index (χ1) is 12.9. The average molecular weight is 385 g/mol. The lowest BCUT2D eigenvalue weighted by Gasteiger charge is -2.12. The maximum atomic E-state index is 12.5. The molecule has 3 rings (SSSR count). The molecular weight excluding hydrogens is 360 g/mol. The molecule has 0 unspecified atom stereocenters. The van der Waals surface area contributed by atoms with Gasteiger partial charge >= 0.3 is 0 Å². The Morgan fingerprint density at radius 3 is 2.44 bits per heavy atom. The third-order valence-electron chi connectivity index (χ3n) is 4.43. The first-order valence-electron chi connectivity index (χ1n) is 8.88. The van der Waals surface area contributed by atoms with Crippen molar-refractivity contribution in [3.63, 3.8) is 0 Å². The topological polar surface area (TPSA) is 72.9 Å². The maximum absolute atomic E-state index is 12.5. The molecule has 0 spiro atoms. The highest BCUT2D eigenvalue weighted by Gasteiger charge is 2.20. The monoisotopic (exact) mass is 384 g/mol. The van der Waals surface area contributed by atoms with Crippen LogP contribution in [0, 0.1) is 6.92 Å². The quantitative estimate of drug-likeness (QED) is 0.628. The van der Waals surface area contributed by atoms with Crippen molar-refractivity contribution in [2.24, 2.45) is 7.05 Å². The van der Waals surface area contributed by atoms with E-state index in [0.29, 0.717) is 11.1 Å². The molecule has 7 heteroatoms. The van der Waals surface area contributed by atoms with E-state index in [1.165, 1.54) is 17.3 Å². The van der Waals surface area contributed by atoms with Gasteiger partial charge < -0.3 is 14.3 Å². The van der Waals surface area contributed by atoms with Gasteiger partial charge in [-0.15, -0.1) is 10.2 Å². The molecule has 0 aliphatic heterocycles. The van der Waals surface area contributed by atoms with E-state index < -0.39 is 0 Å². The molecule has 0 fully saturated rings. The first-order valence-corrected chi connectivity index (χ1v) is 9.76. The molecule has 0 bridgehead atoms. The average Bonchev–Trinajstić information content (AvgIpc) is 3.21. The number of nitrogens with one attached hydrogen (secondary N) is 1. The highest BCUT2D eigenvalue weighted by molar-refractivity contribution is 8.00. The Morgan fingerprint density at radius 2 is 1.85 bits per heavy atom. The predicted octanol–water partition coefficient (Wildman–Crippen LogP) is 4.63. The van der Waals surface area contributed by atoms with Crippen molar-refractivity contribution >= 4 is 23.4 Å². The van der Waals surface area contributed by atoms with Crippen molar-refractivity contribution < 1.29 is 9.21 Å². The van der Waals surface area contributed by atoms with Crippen LogP contribution in [0.15, 0.2) is 46.2 Å². The lowest BCUT2D eigenvalue weighted by atomic mass is 10.0. The summed E-state index contributed by atoms with van der Waals surface area (Å²) >= 11 is 1.38. The van der Waals surface area contributed by atoms with E-state index in [0.717, 1.165) is 22.8 Å². The molecule has 0 saturated heterocycles. The molecule has 27 heavy (non-hydrogen) atoms. The molecule has 2 heterocycles. The van der Waals surface area contributed by atoms with Crippen LogP contribution in [0.1, 0.15) is 38.0 Å². The Balaban J connectivity index is 1.66. The minimum absolute atomic E-state index is 0.0682. The van der Waals surface area contributed by atoms with E-state index in [1.54, 1.807) is 6.26 Å². The second-order valence-corrected chi connectivity index (χ2v) is 8.09. The fourth-order valence-corrected chi connectivity index (χ4v) is 3.49. The third-order valence-corrected chi connectivity index (χ3v) is 5.56. The molecule has 0 saturated carbocycles. The summed E-state index contributed by atoms with van der Waals surface area (Å²) in [5, 5.41) is 11.8. The van der Waals surface area contributed by atoms with Gasteiger partial charge in [0.1, 0.15) is 5.76 Å². The van der Waals surface area contributed by atoms with Crippen molar-refractivity contribution in [1.82, 2.24) is 14.8 Å². The number of aromatic nitrogens is 3. The van der Waals surface area contributed by atoms with Gasteiger partial charge in [-0.3, -0.25) is 4.79 Å². The summed E-state index contributed by atoms with van der Waals surface area (Å²) in [5.74, 6) is 1.91. The number of hydrogen-bond donors (Lipinski definition) is 1. The number of rotatable bonds is 6. The molecule has 3 aromatic rings. The Bertz CT molecular complexity index is 928. The van der Waals surface area contributed by atoms with E-state index in [1.807, 2.05) is 55.8 Å². The summed E-state index contributed by atoms with van der Waals surface area (Å²) < 4.78 is 7.22. The lowest BCUT2D eigenvalue weighted by molar-refractivity contribution is -0.115. The van der Waals surface area contributed by atoms with E-state index in [9.17, 15) is 4.79 Å². The van der Waals surface area contributed by atoms with Gasteiger partial charge in [-0.1, -0.05) is 37.7 Å². The largest absolute Gasteiger partial charge is 0.469 e. The van der Waals surface area contributed by atoms with Gasteiger partial charge in [-0.2, -0.15) is 0 Å². The van der Waals surface area contributed by atoms with Crippen LogP contribution in [-0.2, 0) is 11.8 Å². The van der Waals surface area contributed by atoms with Crippen molar-refractivity contribution in [1.29, 1.82) is 0 Å². The number of carbonyl (C=O) groups is 1. The molecule has 1 atom stereocenters. The number of nitrogens with zero attached hydrogens (tertiary/aromatic N) is 3. The SMILES string of the molecule is Cc1occc1-c1nnc(S[C@H](C)C(=O)Nc2ccc(C(C)C)cc2)n1C. The fraction of sp³-hybridized carbons (Fsp3) is 0.350. The standard InChI is InChI=1S/C20H24N4O2S/c1-12(2)15-6-8-16(9-7-15)21-19(25)14(4)27-20-23-22-18(24(20)5)17-10-11-26-13(17)3/h6-12,14H,1-5H3,(H,21,25)/t14-/m1/s1. The van der Waals surface area contributed by atoms with Gasteiger partial charge in [-0.05, 0) is 43.5 Å². The van der Waals surface area contributed by atoms with Crippen LogP contribution < -0.4 is 5.32 Å².